The van der Waals surface area contributed by atoms with E-state index in [1.165, 1.54) is 6.16 Å². The van der Waals surface area contributed by atoms with Crippen molar-refractivity contribution in [3.05, 3.63) is 12.7 Å². The van der Waals surface area contributed by atoms with Gasteiger partial charge in [-0.05, 0) is 26.2 Å². The minimum Gasteiger partial charge on any atom is -0.130 e. The molecule has 1 radical (unpaired) electrons. The molecule has 0 aliphatic rings. The van der Waals surface area contributed by atoms with Gasteiger partial charge in [0.1, 0.15) is 0 Å². The van der Waals surface area contributed by atoms with Crippen molar-refractivity contribution >= 4 is 7.26 Å². The molecular weight excluding hydrogens is 103 g/mol. The highest BCUT2D eigenvalue weighted by atomic mass is 31.2. The molecule has 0 N–H and O–H groups in total. The van der Waals surface area contributed by atoms with Crippen LogP contribution in [0, 0.1) is 0 Å². The topological polar surface area (TPSA) is 0 Å². The molecule has 1 heteroatoms. The van der Waals surface area contributed by atoms with E-state index in [2.05, 4.69) is 26.6 Å². The molecule has 0 saturated carbocycles. The molecule has 0 saturated heterocycles. The van der Waals surface area contributed by atoms with Gasteiger partial charge in [0.2, 0.25) is 0 Å². The third kappa shape index (κ3) is 6.17. The van der Waals surface area contributed by atoms with Gasteiger partial charge in [0.15, 0.2) is 0 Å². The molecular formula is C6H14P. The van der Waals surface area contributed by atoms with Crippen LogP contribution in [0.4, 0.5) is 0 Å². The van der Waals surface area contributed by atoms with Crippen molar-refractivity contribution in [2.45, 2.75) is 0 Å². The second-order valence-electron chi connectivity index (χ2n) is 2.76. The summed E-state index contributed by atoms with van der Waals surface area (Å²) in [5, 5.41) is 0. The quantitative estimate of drug-likeness (QED) is 0.383. The lowest BCUT2D eigenvalue weighted by molar-refractivity contribution is 1.69. The van der Waals surface area contributed by atoms with Crippen LogP contribution >= 0.6 is 7.26 Å². The summed E-state index contributed by atoms with van der Waals surface area (Å²) in [6, 6.07) is 0. The first-order valence-electron chi connectivity index (χ1n) is 2.47. The highest BCUT2D eigenvalue weighted by Crippen LogP contribution is 2.45. The first-order valence-corrected chi connectivity index (χ1v) is 5.79. The van der Waals surface area contributed by atoms with Crippen LogP contribution in [0.1, 0.15) is 0 Å². The molecule has 0 heterocycles. The Labute approximate surface area is 47.0 Å². The van der Waals surface area contributed by atoms with Crippen molar-refractivity contribution in [3.63, 3.8) is 0 Å². The number of allylic oxidation sites excluding steroid dienone is 1. The fraction of sp³-hybridized carbons (Fsp3) is 0.667. The van der Waals surface area contributed by atoms with Gasteiger partial charge < -0.3 is 0 Å². The predicted octanol–water partition coefficient (Wildman–Crippen LogP) is 2.08. The van der Waals surface area contributed by atoms with Crippen LogP contribution in [0.2, 0.25) is 0 Å². The minimum atomic E-state index is -0.534. The Morgan fingerprint density at radius 2 is 1.86 bits per heavy atom. The van der Waals surface area contributed by atoms with Gasteiger partial charge in [-0.1, -0.05) is 6.08 Å². The van der Waals surface area contributed by atoms with E-state index >= 15 is 0 Å². The minimum absolute atomic E-state index is 0.534. The Kier molecular flexibility index (Phi) is 2.53. The van der Waals surface area contributed by atoms with Gasteiger partial charge in [0.25, 0.3) is 0 Å². The average Bonchev–Trinajstić information content (AvgIpc) is 1.30. The molecule has 0 spiro atoms. The van der Waals surface area contributed by atoms with E-state index < -0.39 is 7.26 Å². The molecule has 0 amide bonds. The predicted molar refractivity (Wildman–Crippen MR) is 39.8 cm³/mol. The van der Waals surface area contributed by atoms with Crippen LogP contribution < -0.4 is 0 Å². The van der Waals surface area contributed by atoms with Crippen LogP contribution in [0.15, 0.2) is 12.7 Å². The van der Waals surface area contributed by atoms with E-state index in [1.807, 2.05) is 6.08 Å². The highest BCUT2D eigenvalue weighted by molar-refractivity contribution is 7.73. The Bertz CT molecular complexity index is 59.1. The van der Waals surface area contributed by atoms with Crippen LogP contribution in [-0.4, -0.2) is 26.2 Å². The zero-order chi connectivity index (χ0) is 5.91. The van der Waals surface area contributed by atoms with Gasteiger partial charge in [0, 0.05) is 0 Å². The molecule has 0 fully saturated rings. The van der Waals surface area contributed by atoms with Gasteiger partial charge in [-0.3, -0.25) is 0 Å². The maximum atomic E-state index is 3.67. The normalized spacial score (nSPS) is 11.3. The summed E-state index contributed by atoms with van der Waals surface area (Å²) in [6.45, 7) is 10.6. The summed E-state index contributed by atoms with van der Waals surface area (Å²) in [7, 11) is -0.534. The molecule has 43 valence electrons. The molecule has 0 bridgehead atoms. The van der Waals surface area contributed by atoms with Gasteiger partial charge in [-0.2, -0.15) is 0 Å². The average molecular weight is 117 g/mol. The van der Waals surface area contributed by atoms with Crippen molar-refractivity contribution in [1.82, 2.24) is 0 Å². The standard InChI is InChI=1S/C6H14P/c1-5-6-7(2,3)4/h5H,1,6H2,2-4H3. The number of hydrogen-bond donors (Lipinski definition) is 0. The largest absolute Gasteiger partial charge is 0.130 e. The first kappa shape index (κ1) is 7.17. The number of rotatable bonds is 2. The zero-order valence-electron chi connectivity index (χ0n) is 5.44. The Hall–Kier alpha value is 0.170. The second kappa shape index (κ2) is 2.47. The van der Waals surface area contributed by atoms with Gasteiger partial charge in [-0.25, -0.2) is 0 Å². The molecule has 0 aromatic rings. The third-order valence-electron chi connectivity index (χ3n) is 0.677. The van der Waals surface area contributed by atoms with Gasteiger partial charge >= 0.3 is 0 Å². The van der Waals surface area contributed by atoms with E-state index in [0.717, 1.165) is 0 Å². The van der Waals surface area contributed by atoms with E-state index in [4.69, 9.17) is 0 Å². The Morgan fingerprint density at radius 1 is 1.43 bits per heavy atom. The smallest absolute Gasteiger partial charge is 0.0188 e. The maximum absolute atomic E-state index is 3.67. The van der Waals surface area contributed by atoms with Crippen molar-refractivity contribution in [3.8, 4) is 0 Å². The van der Waals surface area contributed by atoms with E-state index in [0.29, 0.717) is 0 Å². The van der Waals surface area contributed by atoms with Crippen molar-refractivity contribution in [2.24, 2.45) is 0 Å². The highest BCUT2D eigenvalue weighted by Gasteiger charge is 2.01. The molecule has 0 aliphatic heterocycles. The van der Waals surface area contributed by atoms with Crippen molar-refractivity contribution < 1.29 is 0 Å². The first-order chi connectivity index (χ1) is 3.06. The summed E-state index contributed by atoms with van der Waals surface area (Å²) in [4.78, 5) is 0. The molecule has 0 aliphatic carbocycles. The van der Waals surface area contributed by atoms with Crippen LogP contribution in [0.3, 0.4) is 0 Å². The zero-order valence-corrected chi connectivity index (χ0v) is 6.33. The molecule has 7 heavy (non-hydrogen) atoms. The third-order valence-corrected chi connectivity index (χ3v) is 2.03. The lowest BCUT2D eigenvalue weighted by Crippen LogP contribution is -1.86. The lowest BCUT2D eigenvalue weighted by atomic mass is 10.8. The monoisotopic (exact) mass is 117 g/mol. The van der Waals surface area contributed by atoms with Crippen molar-refractivity contribution in [2.75, 3.05) is 26.2 Å². The van der Waals surface area contributed by atoms with E-state index in [9.17, 15) is 0 Å². The fourth-order valence-corrected chi connectivity index (χ4v) is 1.16. The van der Waals surface area contributed by atoms with E-state index in [-0.39, 0.29) is 0 Å². The summed E-state index contributed by atoms with van der Waals surface area (Å²) in [6.07, 6.45) is 3.22. The van der Waals surface area contributed by atoms with Crippen LogP contribution in [0.25, 0.3) is 0 Å². The second-order valence-corrected chi connectivity index (χ2v) is 7.71. The molecule has 0 aromatic heterocycles. The van der Waals surface area contributed by atoms with Gasteiger partial charge in [-0.15, -0.1) is 13.8 Å². The molecule has 0 atom stereocenters. The summed E-state index contributed by atoms with van der Waals surface area (Å²) < 4.78 is 0. The maximum Gasteiger partial charge on any atom is -0.0188 e. The summed E-state index contributed by atoms with van der Waals surface area (Å²) in [5.41, 5.74) is 0. The number of hydrogen-bond acceptors (Lipinski definition) is 0. The summed E-state index contributed by atoms with van der Waals surface area (Å²) in [5.74, 6) is 0. The van der Waals surface area contributed by atoms with Crippen LogP contribution in [-0.2, 0) is 0 Å². The molecule has 0 unspecified atom stereocenters. The van der Waals surface area contributed by atoms with Crippen LogP contribution in [0.5, 0.6) is 0 Å². The molecule has 0 aromatic carbocycles. The Morgan fingerprint density at radius 3 is 1.86 bits per heavy atom. The van der Waals surface area contributed by atoms with Gasteiger partial charge in [0.05, 0.1) is 0 Å². The van der Waals surface area contributed by atoms with E-state index in [1.54, 1.807) is 0 Å². The van der Waals surface area contributed by atoms with Crippen molar-refractivity contribution in [1.29, 1.82) is 0 Å². The lowest BCUT2D eigenvalue weighted by Gasteiger charge is -2.17. The summed E-state index contributed by atoms with van der Waals surface area (Å²) >= 11 is 0. The molecule has 0 rings (SSSR count). The fourth-order valence-electron chi connectivity index (χ4n) is 0.387. The SMILES string of the molecule is C=CC[P](C)(C)C. The Balaban J connectivity index is 3.34. The molecule has 0 nitrogen and oxygen atoms in total.